The summed E-state index contributed by atoms with van der Waals surface area (Å²) in [6.07, 6.45) is 1.94. The summed E-state index contributed by atoms with van der Waals surface area (Å²) in [5, 5.41) is 6.03. The van der Waals surface area contributed by atoms with Crippen LogP contribution in [-0.4, -0.2) is 49.1 Å². The molecule has 2 heterocycles. The molecule has 6 nitrogen and oxygen atoms in total. The van der Waals surface area contributed by atoms with Crippen LogP contribution < -0.4 is 10.6 Å². The van der Waals surface area contributed by atoms with Gasteiger partial charge in [-0.15, -0.1) is 11.8 Å². The molecule has 22 heavy (non-hydrogen) atoms. The minimum atomic E-state index is -3.18. The van der Waals surface area contributed by atoms with Crippen molar-refractivity contribution in [2.24, 2.45) is 0 Å². The average Bonchev–Trinajstić information content (AvgIpc) is 3.00. The molecule has 2 aliphatic heterocycles. The third kappa shape index (κ3) is 3.45. The highest BCUT2D eigenvalue weighted by atomic mass is 32.2. The Kier molecular flexibility index (Phi) is 4.44. The highest BCUT2D eigenvalue weighted by Crippen LogP contribution is 2.24. The molecule has 1 saturated heterocycles. The Morgan fingerprint density at radius 2 is 2.23 bits per heavy atom. The van der Waals surface area contributed by atoms with Crippen molar-refractivity contribution in [2.75, 3.05) is 29.7 Å². The fraction of sp³-hybridized carbons (Fsp3) is 0.500. The third-order valence-corrected chi connectivity index (χ3v) is 6.14. The van der Waals surface area contributed by atoms with Crippen molar-refractivity contribution in [1.82, 2.24) is 9.62 Å². The Labute approximate surface area is 134 Å². The van der Waals surface area contributed by atoms with E-state index in [2.05, 4.69) is 10.6 Å². The van der Waals surface area contributed by atoms with E-state index in [9.17, 15) is 13.2 Å². The quantitative estimate of drug-likeness (QED) is 0.842. The lowest BCUT2D eigenvalue weighted by Crippen LogP contribution is -2.37. The second kappa shape index (κ2) is 6.19. The molecule has 2 aliphatic rings. The number of hydrogen-bond donors (Lipinski definition) is 2. The summed E-state index contributed by atoms with van der Waals surface area (Å²) in [5.41, 5.74) is 2.83. The Morgan fingerprint density at radius 3 is 2.91 bits per heavy atom. The van der Waals surface area contributed by atoms with Crippen LogP contribution in [0.2, 0.25) is 0 Å². The van der Waals surface area contributed by atoms with E-state index >= 15 is 0 Å². The van der Waals surface area contributed by atoms with Gasteiger partial charge in [0.2, 0.25) is 15.9 Å². The van der Waals surface area contributed by atoms with Gasteiger partial charge < -0.3 is 5.32 Å². The van der Waals surface area contributed by atoms with Gasteiger partial charge >= 0.3 is 0 Å². The lowest BCUT2D eigenvalue weighted by Gasteiger charge is -2.27. The molecule has 8 heteroatoms. The first-order valence-electron chi connectivity index (χ1n) is 7.12. The number of fused-ring (bicyclic) bond motifs is 1. The van der Waals surface area contributed by atoms with Gasteiger partial charge in [-0.25, -0.2) is 8.42 Å². The molecule has 0 spiro atoms. The molecule has 0 radical (unpaired) electrons. The molecule has 1 aromatic rings. The largest absolute Gasteiger partial charge is 0.325 e. The summed E-state index contributed by atoms with van der Waals surface area (Å²) < 4.78 is 24.8. The number of nitrogens with one attached hydrogen (secondary N) is 2. The number of anilines is 1. The van der Waals surface area contributed by atoms with Crippen LogP contribution in [0.1, 0.15) is 11.1 Å². The second-order valence-corrected chi connectivity index (χ2v) is 8.60. The lowest BCUT2D eigenvalue weighted by atomic mass is 10.0. The van der Waals surface area contributed by atoms with Crippen molar-refractivity contribution in [2.45, 2.75) is 19.0 Å². The molecule has 0 aliphatic carbocycles. The molecular weight excluding hydrogens is 322 g/mol. The van der Waals surface area contributed by atoms with Crippen LogP contribution >= 0.6 is 11.8 Å². The fourth-order valence-corrected chi connectivity index (χ4v) is 4.42. The maximum Gasteiger partial charge on any atom is 0.242 e. The summed E-state index contributed by atoms with van der Waals surface area (Å²) in [6, 6.07) is 5.58. The van der Waals surface area contributed by atoms with Crippen molar-refractivity contribution in [3.05, 3.63) is 29.3 Å². The molecule has 0 bridgehead atoms. The van der Waals surface area contributed by atoms with E-state index in [0.29, 0.717) is 19.5 Å². The SMILES string of the molecule is CS(=O)(=O)N1CCc2ccc(NC(=O)C3CSCN3)cc2C1. The zero-order valence-electron chi connectivity index (χ0n) is 12.3. The van der Waals surface area contributed by atoms with Gasteiger partial charge in [-0.1, -0.05) is 6.07 Å². The summed E-state index contributed by atoms with van der Waals surface area (Å²) >= 11 is 1.70. The van der Waals surface area contributed by atoms with Crippen molar-refractivity contribution < 1.29 is 13.2 Å². The number of sulfonamides is 1. The van der Waals surface area contributed by atoms with E-state index in [0.717, 1.165) is 28.4 Å². The van der Waals surface area contributed by atoms with Crippen LogP contribution in [0.15, 0.2) is 18.2 Å². The van der Waals surface area contributed by atoms with E-state index in [1.165, 1.54) is 10.6 Å². The minimum absolute atomic E-state index is 0.0410. The highest BCUT2D eigenvalue weighted by Gasteiger charge is 2.25. The summed E-state index contributed by atoms with van der Waals surface area (Å²) in [5.74, 6) is 1.53. The smallest absolute Gasteiger partial charge is 0.242 e. The minimum Gasteiger partial charge on any atom is -0.325 e. The Morgan fingerprint density at radius 1 is 1.41 bits per heavy atom. The summed E-state index contributed by atoms with van der Waals surface area (Å²) in [7, 11) is -3.18. The number of amides is 1. The van der Waals surface area contributed by atoms with Crippen LogP contribution in [0, 0.1) is 0 Å². The van der Waals surface area contributed by atoms with Crippen molar-refractivity contribution >= 4 is 33.4 Å². The first-order chi connectivity index (χ1) is 10.4. The van der Waals surface area contributed by atoms with Gasteiger partial charge in [-0.3, -0.25) is 10.1 Å². The Bertz CT molecular complexity index is 685. The molecule has 2 N–H and O–H groups in total. The van der Waals surface area contributed by atoms with Gasteiger partial charge in [0.15, 0.2) is 0 Å². The number of hydrogen-bond acceptors (Lipinski definition) is 5. The standard InChI is InChI=1S/C14H19N3O3S2/c1-22(19,20)17-5-4-10-2-3-12(6-11(10)7-17)16-14(18)13-8-21-9-15-13/h2-3,6,13,15H,4-5,7-9H2,1H3,(H,16,18). The average molecular weight is 341 g/mol. The number of carbonyl (C=O) groups is 1. The molecule has 0 saturated carbocycles. The molecule has 1 amide bonds. The zero-order chi connectivity index (χ0) is 15.7. The van der Waals surface area contributed by atoms with E-state index in [-0.39, 0.29) is 11.9 Å². The van der Waals surface area contributed by atoms with E-state index < -0.39 is 10.0 Å². The van der Waals surface area contributed by atoms with Gasteiger partial charge in [0.25, 0.3) is 0 Å². The molecule has 1 unspecified atom stereocenters. The van der Waals surface area contributed by atoms with Crippen LogP contribution in [-0.2, 0) is 27.8 Å². The topological polar surface area (TPSA) is 78.5 Å². The van der Waals surface area contributed by atoms with Crippen molar-refractivity contribution in [1.29, 1.82) is 0 Å². The molecule has 120 valence electrons. The second-order valence-electron chi connectivity index (χ2n) is 5.59. The zero-order valence-corrected chi connectivity index (χ0v) is 14.0. The van der Waals surface area contributed by atoms with E-state index in [1.807, 2.05) is 18.2 Å². The first-order valence-corrected chi connectivity index (χ1v) is 10.1. The van der Waals surface area contributed by atoms with Gasteiger partial charge in [-0.05, 0) is 29.7 Å². The predicted octanol–water partition coefficient (Wildman–Crippen LogP) is 0.605. The number of rotatable bonds is 3. The number of nitrogens with zero attached hydrogens (tertiary/aromatic N) is 1. The highest BCUT2D eigenvalue weighted by molar-refractivity contribution is 7.99. The van der Waals surface area contributed by atoms with Crippen LogP contribution in [0.3, 0.4) is 0 Å². The first kappa shape index (κ1) is 15.8. The maximum atomic E-state index is 12.1. The van der Waals surface area contributed by atoms with Gasteiger partial charge in [-0.2, -0.15) is 4.31 Å². The van der Waals surface area contributed by atoms with E-state index in [4.69, 9.17) is 0 Å². The fourth-order valence-electron chi connectivity index (χ4n) is 2.69. The molecule has 1 fully saturated rings. The monoisotopic (exact) mass is 341 g/mol. The number of thioether (sulfide) groups is 1. The lowest BCUT2D eigenvalue weighted by molar-refractivity contribution is -0.117. The summed E-state index contributed by atoms with van der Waals surface area (Å²) in [4.78, 5) is 12.1. The molecule has 1 aromatic carbocycles. The predicted molar refractivity (Wildman–Crippen MR) is 88.3 cm³/mol. The molecule has 3 rings (SSSR count). The Hall–Kier alpha value is -1.09. The number of carbonyl (C=O) groups excluding carboxylic acids is 1. The van der Waals surface area contributed by atoms with Gasteiger partial charge in [0, 0.05) is 30.4 Å². The van der Waals surface area contributed by atoms with Crippen LogP contribution in [0.25, 0.3) is 0 Å². The van der Waals surface area contributed by atoms with Gasteiger partial charge in [0.1, 0.15) is 0 Å². The number of benzene rings is 1. The van der Waals surface area contributed by atoms with Crippen molar-refractivity contribution in [3.63, 3.8) is 0 Å². The third-order valence-electron chi connectivity index (χ3n) is 3.95. The normalized spacial score (nSPS) is 22.3. The van der Waals surface area contributed by atoms with E-state index in [1.54, 1.807) is 11.8 Å². The maximum absolute atomic E-state index is 12.1. The van der Waals surface area contributed by atoms with Crippen LogP contribution in [0.5, 0.6) is 0 Å². The summed E-state index contributed by atoms with van der Waals surface area (Å²) in [6.45, 7) is 0.885. The van der Waals surface area contributed by atoms with Gasteiger partial charge in [0.05, 0.1) is 12.3 Å². The van der Waals surface area contributed by atoms with Crippen molar-refractivity contribution in [3.8, 4) is 0 Å². The molecular formula is C14H19N3O3S2. The molecule has 0 aromatic heterocycles. The molecule has 1 atom stereocenters. The van der Waals surface area contributed by atoms with Crippen LogP contribution in [0.4, 0.5) is 5.69 Å². The Balaban J connectivity index is 1.74.